The number of imide groups is 2. The van der Waals surface area contributed by atoms with Crippen molar-refractivity contribution in [3.63, 3.8) is 0 Å². The molecule has 0 atom stereocenters. The smallest absolute Gasteiger partial charge is 0.265 e. The fourth-order valence-corrected chi connectivity index (χ4v) is 7.14. The highest BCUT2D eigenvalue weighted by atomic mass is 16.5. The molecule has 1 saturated heterocycles. The molecule has 7 rings (SSSR count). The van der Waals surface area contributed by atoms with Crippen LogP contribution in [0.4, 0.5) is 17.1 Å². The van der Waals surface area contributed by atoms with Gasteiger partial charge >= 0.3 is 0 Å². The van der Waals surface area contributed by atoms with Gasteiger partial charge in [-0.05, 0) is 101 Å². The third-order valence-electron chi connectivity index (χ3n) is 9.05. The summed E-state index contributed by atoms with van der Waals surface area (Å²) in [5.74, 6) is -2.03. The molecule has 3 aliphatic heterocycles. The monoisotopic (exact) mass is 601 g/mol. The number of hydroxylamine groups is 2. The van der Waals surface area contributed by atoms with Gasteiger partial charge in [0.15, 0.2) is 0 Å². The van der Waals surface area contributed by atoms with E-state index in [-0.39, 0.29) is 22.3 Å². The van der Waals surface area contributed by atoms with Crippen LogP contribution in [0.2, 0.25) is 0 Å². The van der Waals surface area contributed by atoms with E-state index >= 15 is 0 Å². The molecule has 4 amide bonds. The molecule has 1 fully saturated rings. The Kier molecular flexibility index (Phi) is 6.36. The highest BCUT2D eigenvalue weighted by Crippen LogP contribution is 2.43. The number of anilines is 1. The van der Waals surface area contributed by atoms with Crippen molar-refractivity contribution in [2.75, 3.05) is 4.90 Å². The van der Waals surface area contributed by atoms with Gasteiger partial charge in [0.25, 0.3) is 23.6 Å². The molecule has 3 aliphatic rings. The summed E-state index contributed by atoms with van der Waals surface area (Å²) in [4.78, 5) is 58.1. The molecule has 0 spiro atoms. The fraction of sp³-hybridized carbons (Fsp3) is 0.257. The molecule has 0 bridgehead atoms. The largest absolute Gasteiger partial charge is 0.313 e. The van der Waals surface area contributed by atoms with E-state index in [1.165, 1.54) is 9.96 Å². The van der Waals surface area contributed by atoms with Crippen LogP contribution in [0.3, 0.4) is 0 Å². The zero-order valence-corrected chi connectivity index (χ0v) is 25.3. The third-order valence-corrected chi connectivity index (χ3v) is 9.05. The predicted octanol–water partition coefficient (Wildman–Crippen LogP) is 7.06. The summed E-state index contributed by atoms with van der Waals surface area (Å²) in [5.41, 5.74) is 1.28. The summed E-state index contributed by atoms with van der Waals surface area (Å²) in [6, 6.07) is 21.7. The van der Waals surface area contributed by atoms with Crippen molar-refractivity contribution in [2.45, 2.75) is 57.7 Å². The van der Waals surface area contributed by atoms with Crippen LogP contribution in [0.1, 0.15) is 82.0 Å². The molecular formula is C35H31N5O5. The molecule has 10 nitrogen and oxygen atoms in total. The van der Waals surface area contributed by atoms with Crippen molar-refractivity contribution in [2.24, 2.45) is 10.2 Å². The first-order valence-corrected chi connectivity index (χ1v) is 14.8. The van der Waals surface area contributed by atoms with Gasteiger partial charge in [0.05, 0.1) is 17.1 Å². The van der Waals surface area contributed by atoms with Gasteiger partial charge in [-0.3, -0.25) is 24.1 Å². The number of nitrogens with zero attached hydrogens (tertiary/aromatic N) is 5. The average Bonchev–Trinajstić information content (AvgIpc) is 3.01. The molecule has 4 aromatic carbocycles. The van der Waals surface area contributed by atoms with E-state index in [2.05, 4.69) is 10.2 Å². The zero-order valence-electron chi connectivity index (χ0n) is 25.3. The predicted molar refractivity (Wildman–Crippen MR) is 167 cm³/mol. The van der Waals surface area contributed by atoms with Crippen molar-refractivity contribution >= 4 is 51.5 Å². The molecule has 0 aromatic heterocycles. The number of amides is 4. The SMILES string of the molecule is CC1(C)CC(N2C(=O)c3ccc4c5c(ccc(c35)C2=O)C(=O)N(c2ccc(N=Nc3ccccc3)cc2)C4=O)CC(C)(C)N1O. The van der Waals surface area contributed by atoms with Gasteiger partial charge in [-0.2, -0.15) is 15.3 Å². The highest BCUT2D eigenvalue weighted by molar-refractivity contribution is 6.39. The van der Waals surface area contributed by atoms with Crippen LogP contribution in [0.15, 0.2) is 89.1 Å². The lowest BCUT2D eigenvalue weighted by Gasteiger charge is -2.53. The van der Waals surface area contributed by atoms with Gasteiger partial charge < -0.3 is 5.21 Å². The number of piperidine rings is 1. The first-order chi connectivity index (χ1) is 21.4. The van der Waals surface area contributed by atoms with Crippen LogP contribution in [0, 0.1) is 0 Å². The van der Waals surface area contributed by atoms with Crippen molar-refractivity contribution in [3.8, 4) is 0 Å². The second kappa shape index (κ2) is 9.98. The maximum Gasteiger partial charge on any atom is 0.265 e. The maximum absolute atomic E-state index is 14.0. The van der Waals surface area contributed by atoms with E-state index < -0.39 is 40.7 Å². The van der Waals surface area contributed by atoms with E-state index in [1.807, 2.05) is 58.0 Å². The van der Waals surface area contributed by atoms with Crippen molar-refractivity contribution in [3.05, 3.63) is 101 Å². The number of azo groups is 1. The second-order valence-electron chi connectivity index (χ2n) is 13.0. The Hall–Kier alpha value is -5.06. The molecular weight excluding hydrogens is 570 g/mol. The first kappa shape index (κ1) is 28.7. The number of hydrogen-bond donors (Lipinski definition) is 1. The normalized spacial score (nSPS) is 19.7. The van der Waals surface area contributed by atoms with E-state index in [4.69, 9.17) is 0 Å². The Balaban J connectivity index is 1.24. The van der Waals surface area contributed by atoms with E-state index in [0.29, 0.717) is 40.7 Å². The van der Waals surface area contributed by atoms with Crippen molar-refractivity contribution in [1.29, 1.82) is 0 Å². The summed E-state index contributed by atoms with van der Waals surface area (Å²) in [7, 11) is 0. The van der Waals surface area contributed by atoms with Gasteiger partial charge in [0.2, 0.25) is 0 Å². The van der Waals surface area contributed by atoms with Gasteiger partial charge in [-0.1, -0.05) is 18.2 Å². The minimum atomic E-state index is -0.678. The molecule has 4 aromatic rings. The Labute approximate surface area is 259 Å². The highest BCUT2D eigenvalue weighted by Gasteiger charge is 2.50. The van der Waals surface area contributed by atoms with Gasteiger partial charge in [0.1, 0.15) is 0 Å². The van der Waals surface area contributed by atoms with E-state index in [0.717, 1.165) is 4.90 Å². The number of benzene rings is 4. The third kappa shape index (κ3) is 4.40. The Morgan fingerprint density at radius 1 is 0.600 bits per heavy atom. The molecule has 1 N–H and O–H groups in total. The summed E-state index contributed by atoms with van der Waals surface area (Å²) in [6.45, 7) is 7.52. The Morgan fingerprint density at radius 2 is 1.02 bits per heavy atom. The topological polar surface area (TPSA) is 123 Å². The minimum Gasteiger partial charge on any atom is -0.313 e. The standard InChI is InChI=1S/C35H31N5O5/c1-34(2)18-23(19-35(3,4)40(34)45)39-32(43)26-16-14-24-28-25(15-17-27(29(26)28)33(39)44)31(42)38(30(24)41)22-12-10-21(11-13-22)37-36-20-8-6-5-7-9-20/h5-17,23,45H,18-19H2,1-4H3. The van der Waals surface area contributed by atoms with Crippen LogP contribution >= 0.6 is 0 Å². The molecule has 45 heavy (non-hydrogen) atoms. The molecule has 3 heterocycles. The number of hydrogen-bond acceptors (Lipinski definition) is 8. The van der Waals surface area contributed by atoms with Crippen molar-refractivity contribution < 1.29 is 24.4 Å². The average molecular weight is 602 g/mol. The molecule has 0 unspecified atom stereocenters. The Bertz CT molecular complexity index is 1880. The van der Waals surface area contributed by atoms with E-state index in [9.17, 15) is 24.4 Å². The fourth-order valence-electron chi connectivity index (χ4n) is 7.14. The lowest BCUT2D eigenvalue weighted by Crippen LogP contribution is -2.64. The summed E-state index contributed by atoms with van der Waals surface area (Å²) in [6.07, 6.45) is 0.773. The molecule has 0 aliphatic carbocycles. The first-order valence-electron chi connectivity index (χ1n) is 14.8. The minimum absolute atomic E-state index is 0.239. The van der Waals surface area contributed by atoms with Crippen LogP contribution in [0.25, 0.3) is 10.8 Å². The summed E-state index contributed by atoms with van der Waals surface area (Å²) < 4.78 is 0. The molecule has 0 saturated carbocycles. The van der Waals surface area contributed by atoms with Crippen LogP contribution in [0.5, 0.6) is 0 Å². The van der Waals surface area contributed by atoms with Gasteiger partial charge in [-0.25, -0.2) is 4.90 Å². The van der Waals surface area contributed by atoms with Gasteiger partial charge in [0, 0.05) is 50.1 Å². The van der Waals surface area contributed by atoms with Crippen molar-refractivity contribution in [1.82, 2.24) is 9.96 Å². The lowest BCUT2D eigenvalue weighted by atomic mass is 9.77. The molecule has 0 radical (unpaired) electrons. The quantitative estimate of drug-likeness (QED) is 0.197. The maximum atomic E-state index is 14.0. The van der Waals surface area contributed by atoms with Crippen LogP contribution in [-0.4, -0.2) is 55.9 Å². The molecule has 226 valence electrons. The summed E-state index contributed by atoms with van der Waals surface area (Å²) >= 11 is 0. The second-order valence-corrected chi connectivity index (χ2v) is 13.0. The number of carbonyl (C=O) groups excluding carboxylic acids is 4. The summed E-state index contributed by atoms with van der Waals surface area (Å²) in [5, 5.41) is 21.2. The number of carbonyl (C=O) groups is 4. The lowest BCUT2D eigenvalue weighted by molar-refractivity contribution is -0.249. The zero-order chi connectivity index (χ0) is 31.8. The van der Waals surface area contributed by atoms with E-state index in [1.54, 1.807) is 48.5 Å². The van der Waals surface area contributed by atoms with Crippen LogP contribution in [-0.2, 0) is 0 Å². The van der Waals surface area contributed by atoms with Gasteiger partial charge in [-0.15, -0.1) is 0 Å². The number of rotatable bonds is 4. The molecule has 10 heteroatoms. The Morgan fingerprint density at radius 3 is 1.49 bits per heavy atom. The van der Waals surface area contributed by atoms with Crippen LogP contribution < -0.4 is 4.90 Å².